The molecule has 7 nitrogen and oxygen atoms in total. The maximum atomic E-state index is 13.4. The number of pyridine rings is 1. The van der Waals surface area contributed by atoms with Crippen LogP contribution in [0.4, 0.5) is 8.78 Å². The molecule has 1 aliphatic rings. The lowest BCUT2D eigenvalue weighted by Gasteiger charge is -2.30. The van der Waals surface area contributed by atoms with E-state index in [-0.39, 0.29) is 17.7 Å². The van der Waals surface area contributed by atoms with Crippen LogP contribution in [0.5, 0.6) is 0 Å². The van der Waals surface area contributed by atoms with Crippen molar-refractivity contribution in [3.05, 3.63) is 47.7 Å². The number of ether oxygens (including phenoxy) is 1. The summed E-state index contributed by atoms with van der Waals surface area (Å²) < 4.78 is 36.5. The fourth-order valence-electron chi connectivity index (χ4n) is 4.31. The van der Waals surface area contributed by atoms with E-state index in [9.17, 15) is 8.78 Å². The molecule has 0 N–H and O–H groups in total. The highest BCUT2D eigenvalue weighted by atomic mass is 19.3. The molecule has 1 saturated heterocycles. The molecule has 5 rings (SSSR count). The van der Waals surface area contributed by atoms with Crippen LogP contribution >= 0.6 is 0 Å². The summed E-state index contributed by atoms with van der Waals surface area (Å²) in [5.74, 6) is 0.811. The second kappa shape index (κ2) is 7.39. The van der Waals surface area contributed by atoms with Crippen LogP contribution in [0.2, 0.25) is 0 Å². The summed E-state index contributed by atoms with van der Waals surface area (Å²) in [4.78, 5) is 9.28. The molecule has 0 saturated carbocycles. The number of rotatable bonds is 4. The zero-order valence-electron chi connectivity index (χ0n) is 16.8. The van der Waals surface area contributed by atoms with Crippen LogP contribution in [0.1, 0.15) is 49.3 Å². The zero-order chi connectivity index (χ0) is 20.8. The average Bonchev–Trinajstić information content (AvgIpc) is 3.30. The van der Waals surface area contributed by atoms with Gasteiger partial charge in [-0.25, -0.2) is 18.4 Å². The van der Waals surface area contributed by atoms with Gasteiger partial charge in [-0.05, 0) is 38.8 Å². The van der Waals surface area contributed by atoms with Crippen molar-refractivity contribution in [3.63, 3.8) is 0 Å². The van der Waals surface area contributed by atoms with E-state index in [4.69, 9.17) is 9.72 Å². The van der Waals surface area contributed by atoms with E-state index in [2.05, 4.69) is 26.8 Å². The molecule has 0 bridgehead atoms. The van der Waals surface area contributed by atoms with Gasteiger partial charge in [-0.2, -0.15) is 0 Å². The Kier molecular flexibility index (Phi) is 4.69. The Balaban J connectivity index is 1.74. The third-order valence-corrected chi connectivity index (χ3v) is 5.64. The van der Waals surface area contributed by atoms with Crippen LogP contribution in [-0.4, -0.2) is 42.2 Å². The number of alkyl halides is 2. The van der Waals surface area contributed by atoms with E-state index < -0.39 is 6.43 Å². The standard InChI is InChI=1S/C21H22F2N6O/c1-12-10-28(27-26-12)11-19-25-18-9-24-17-4-3-14(21(22)23)8-16(17)20(18)29(19)15-5-6-30-13(2)7-15/h3-4,8-10,13,15,21H,5-7,11H2,1-2H3/t13-,15-/m1/s1. The smallest absolute Gasteiger partial charge is 0.263 e. The summed E-state index contributed by atoms with van der Waals surface area (Å²) in [7, 11) is 0. The summed E-state index contributed by atoms with van der Waals surface area (Å²) in [6, 6.07) is 4.78. The highest BCUT2D eigenvalue weighted by molar-refractivity contribution is 6.02. The van der Waals surface area contributed by atoms with Crippen LogP contribution in [0.15, 0.2) is 30.6 Å². The van der Waals surface area contributed by atoms with Crippen LogP contribution in [0.3, 0.4) is 0 Å². The van der Waals surface area contributed by atoms with Crippen molar-refractivity contribution in [2.75, 3.05) is 6.61 Å². The second-order valence-corrected chi connectivity index (χ2v) is 7.88. The van der Waals surface area contributed by atoms with Crippen LogP contribution in [-0.2, 0) is 11.3 Å². The predicted octanol–water partition coefficient (Wildman–Crippen LogP) is 4.21. The minimum absolute atomic E-state index is 0.0154. The van der Waals surface area contributed by atoms with Gasteiger partial charge in [-0.15, -0.1) is 5.10 Å². The Bertz CT molecular complexity index is 1220. The van der Waals surface area contributed by atoms with E-state index in [1.807, 2.05) is 13.1 Å². The molecule has 2 atom stereocenters. The van der Waals surface area contributed by atoms with Gasteiger partial charge in [0, 0.05) is 29.8 Å². The quantitative estimate of drug-likeness (QED) is 0.502. The molecule has 9 heteroatoms. The topological polar surface area (TPSA) is 70.7 Å². The summed E-state index contributed by atoms with van der Waals surface area (Å²) in [5.41, 5.74) is 3.02. The van der Waals surface area contributed by atoms with Gasteiger partial charge in [0.05, 0.1) is 29.0 Å². The Morgan fingerprint density at radius 1 is 1.27 bits per heavy atom. The molecular weight excluding hydrogens is 390 g/mol. The number of hydrogen-bond donors (Lipinski definition) is 0. The van der Waals surface area contributed by atoms with Gasteiger partial charge < -0.3 is 9.30 Å². The molecule has 1 aliphatic heterocycles. The van der Waals surface area contributed by atoms with E-state index in [1.165, 1.54) is 6.07 Å². The molecule has 0 unspecified atom stereocenters. The SMILES string of the molecule is Cc1cn(Cc2nc3cnc4ccc(C(F)F)cc4c3n2[C@@H]2CCO[C@H](C)C2)nn1. The lowest BCUT2D eigenvalue weighted by Crippen LogP contribution is -2.27. The Hall–Kier alpha value is -2.94. The number of halogens is 2. The molecule has 4 aromatic rings. The number of imidazole rings is 1. The van der Waals surface area contributed by atoms with Crippen LogP contribution in [0.25, 0.3) is 21.9 Å². The summed E-state index contributed by atoms with van der Waals surface area (Å²) >= 11 is 0. The first-order valence-electron chi connectivity index (χ1n) is 10.1. The van der Waals surface area contributed by atoms with Crippen LogP contribution < -0.4 is 0 Å². The minimum atomic E-state index is -2.54. The first-order chi connectivity index (χ1) is 14.5. The van der Waals surface area contributed by atoms with Gasteiger partial charge in [0.25, 0.3) is 6.43 Å². The maximum Gasteiger partial charge on any atom is 0.263 e. The van der Waals surface area contributed by atoms with Gasteiger partial charge in [0.2, 0.25) is 0 Å². The van der Waals surface area contributed by atoms with Crippen LogP contribution in [0, 0.1) is 6.92 Å². The third kappa shape index (κ3) is 3.32. The minimum Gasteiger partial charge on any atom is -0.378 e. The number of nitrogens with zero attached hydrogens (tertiary/aromatic N) is 6. The van der Waals surface area contributed by atoms with Gasteiger partial charge >= 0.3 is 0 Å². The third-order valence-electron chi connectivity index (χ3n) is 5.64. The van der Waals surface area contributed by atoms with E-state index in [0.717, 1.165) is 29.9 Å². The van der Waals surface area contributed by atoms with Gasteiger partial charge in [0.15, 0.2) is 0 Å². The fraction of sp³-hybridized carbons (Fsp3) is 0.429. The summed E-state index contributed by atoms with van der Waals surface area (Å²) in [6.07, 6.45) is 2.82. The normalized spacial score (nSPS) is 19.9. The molecule has 0 radical (unpaired) electrons. The van der Waals surface area contributed by atoms with Gasteiger partial charge in [-0.3, -0.25) is 4.98 Å². The van der Waals surface area contributed by atoms with E-state index in [1.54, 1.807) is 23.0 Å². The highest BCUT2D eigenvalue weighted by Crippen LogP contribution is 2.35. The lowest BCUT2D eigenvalue weighted by molar-refractivity contribution is 0.00619. The molecule has 30 heavy (non-hydrogen) atoms. The lowest BCUT2D eigenvalue weighted by atomic mass is 10.0. The second-order valence-electron chi connectivity index (χ2n) is 7.88. The molecule has 1 fully saturated rings. The van der Waals surface area contributed by atoms with Crippen molar-refractivity contribution in [2.45, 2.75) is 51.8 Å². The largest absolute Gasteiger partial charge is 0.378 e. The number of benzene rings is 1. The Morgan fingerprint density at radius 2 is 2.13 bits per heavy atom. The number of aryl methyl sites for hydroxylation is 1. The van der Waals surface area contributed by atoms with Crippen molar-refractivity contribution in [2.24, 2.45) is 0 Å². The Morgan fingerprint density at radius 3 is 2.87 bits per heavy atom. The molecule has 0 spiro atoms. The first kappa shape index (κ1) is 19.0. The van der Waals surface area contributed by atoms with E-state index in [0.29, 0.717) is 29.6 Å². The first-order valence-corrected chi connectivity index (χ1v) is 10.1. The number of hydrogen-bond acceptors (Lipinski definition) is 5. The fourth-order valence-corrected chi connectivity index (χ4v) is 4.31. The highest BCUT2D eigenvalue weighted by Gasteiger charge is 2.27. The number of aromatic nitrogens is 6. The summed E-state index contributed by atoms with van der Waals surface area (Å²) in [5, 5.41) is 8.91. The van der Waals surface area contributed by atoms with E-state index >= 15 is 0 Å². The van der Waals surface area contributed by atoms with Gasteiger partial charge in [-0.1, -0.05) is 11.3 Å². The molecule has 4 heterocycles. The van der Waals surface area contributed by atoms with Gasteiger partial charge in [0.1, 0.15) is 17.9 Å². The Labute approximate surface area is 171 Å². The molecular formula is C21H22F2N6O. The van der Waals surface area contributed by atoms with Crippen molar-refractivity contribution in [1.82, 2.24) is 29.5 Å². The predicted molar refractivity (Wildman–Crippen MR) is 108 cm³/mol. The van der Waals surface area contributed by atoms with Crippen molar-refractivity contribution in [1.29, 1.82) is 0 Å². The molecule has 3 aromatic heterocycles. The molecule has 0 aliphatic carbocycles. The summed E-state index contributed by atoms with van der Waals surface area (Å²) in [6.45, 7) is 5.03. The molecule has 1 aromatic carbocycles. The van der Waals surface area contributed by atoms with Crippen molar-refractivity contribution >= 4 is 21.9 Å². The average molecular weight is 412 g/mol. The zero-order valence-corrected chi connectivity index (χ0v) is 16.8. The molecule has 156 valence electrons. The van der Waals surface area contributed by atoms with Crippen molar-refractivity contribution in [3.8, 4) is 0 Å². The van der Waals surface area contributed by atoms with Crippen molar-refractivity contribution < 1.29 is 13.5 Å². The maximum absolute atomic E-state index is 13.4. The number of fused-ring (bicyclic) bond motifs is 3. The molecule has 0 amide bonds. The monoisotopic (exact) mass is 412 g/mol.